The summed E-state index contributed by atoms with van der Waals surface area (Å²) < 4.78 is 36.3. The second-order valence-corrected chi connectivity index (χ2v) is 4.79. The van der Waals surface area contributed by atoms with E-state index >= 15 is 0 Å². The molecule has 6 heteroatoms. The van der Waals surface area contributed by atoms with Crippen molar-refractivity contribution in [2.75, 3.05) is 5.32 Å². The number of rotatable bonds is 3. The Balaban J connectivity index is 2.06. The molecule has 1 heterocycles. The first-order chi connectivity index (χ1) is 8.35. The molecular formula is C12H11ClF3NO. The third kappa shape index (κ3) is 3.16. The lowest BCUT2D eigenvalue weighted by molar-refractivity contribution is -0.135. The van der Waals surface area contributed by atoms with Crippen LogP contribution in [0.1, 0.15) is 29.3 Å². The molecule has 1 atom stereocenters. The number of alkyl halides is 4. The molecule has 0 saturated carbocycles. The minimum atomic E-state index is -4.19. The highest BCUT2D eigenvalue weighted by Gasteiger charge is 2.28. The van der Waals surface area contributed by atoms with Gasteiger partial charge in [0.15, 0.2) is 0 Å². The van der Waals surface area contributed by atoms with E-state index in [-0.39, 0.29) is 18.7 Å². The number of carbonyl (C=O) groups excluding carboxylic acids is 1. The van der Waals surface area contributed by atoms with Crippen LogP contribution in [-0.4, -0.2) is 12.1 Å². The Labute approximate surface area is 107 Å². The third-order valence-electron chi connectivity index (χ3n) is 2.80. The summed E-state index contributed by atoms with van der Waals surface area (Å²) in [4.78, 5) is 11.1. The number of hydrogen-bond donors (Lipinski definition) is 1. The first-order valence-electron chi connectivity index (χ1n) is 5.48. The van der Waals surface area contributed by atoms with Gasteiger partial charge in [-0.05, 0) is 23.6 Å². The molecule has 18 heavy (non-hydrogen) atoms. The zero-order valence-corrected chi connectivity index (χ0v) is 10.1. The summed E-state index contributed by atoms with van der Waals surface area (Å²) in [7, 11) is 0. The van der Waals surface area contributed by atoms with Crippen molar-refractivity contribution < 1.29 is 18.0 Å². The molecule has 1 N–H and O–H groups in total. The Morgan fingerprint density at radius 3 is 2.78 bits per heavy atom. The normalized spacial score (nSPS) is 16.3. The van der Waals surface area contributed by atoms with Crippen LogP contribution >= 0.6 is 11.6 Å². The summed E-state index contributed by atoms with van der Waals surface area (Å²) in [6.07, 6.45) is -5.01. The minimum absolute atomic E-state index is 0.108. The summed E-state index contributed by atoms with van der Waals surface area (Å²) in [5.74, 6) is -0.108. The van der Waals surface area contributed by atoms with Gasteiger partial charge in [0, 0.05) is 12.1 Å². The van der Waals surface area contributed by atoms with Crippen LogP contribution < -0.4 is 5.32 Å². The maximum atomic E-state index is 12.1. The summed E-state index contributed by atoms with van der Waals surface area (Å²) >= 11 is 5.95. The van der Waals surface area contributed by atoms with Crippen LogP contribution in [0.2, 0.25) is 0 Å². The van der Waals surface area contributed by atoms with Gasteiger partial charge in [-0.25, -0.2) is 0 Å². The van der Waals surface area contributed by atoms with E-state index in [9.17, 15) is 18.0 Å². The smallest absolute Gasteiger partial charge is 0.326 e. The Morgan fingerprint density at radius 2 is 2.11 bits per heavy atom. The highest BCUT2D eigenvalue weighted by molar-refractivity contribution is 6.20. The highest BCUT2D eigenvalue weighted by Crippen LogP contribution is 2.34. The molecule has 0 aliphatic carbocycles. The second kappa shape index (κ2) is 4.80. The zero-order chi connectivity index (χ0) is 13.3. The molecule has 1 unspecified atom stereocenters. The third-order valence-corrected chi connectivity index (χ3v) is 3.27. The standard InChI is InChI=1S/C12H11ClF3NO/c13-9(3-4-12(14,15)16)7-1-2-10-8(5-7)6-11(18)17-10/h1-2,5,9H,3-4,6H2,(H,17,18). The lowest BCUT2D eigenvalue weighted by Gasteiger charge is -2.12. The van der Waals surface area contributed by atoms with Crippen LogP contribution in [0.4, 0.5) is 18.9 Å². The van der Waals surface area contributed by atoms with Gasteiger partial charge in [0.1, 0.15) is 0 Å². The van der Waals surface area contributed by atoms with Crippen molar-refractivity contribution in [3.63, 3.8) is 0 Å². The van der Waals surface area contributed by atoms with E-state index in [2.05, 4.69) is 5.32 Å². The Kier molecular flexibility index (Phi) is 3.52. The number of fused-ring (bicyclic) bond motifs is 1. The van der Waals surface area contributed by atoms with E-state index in [4.69, 9.17) is 11.6 Å². The fourth-order valence-electron chi connectivity index (χ4n) is 1.90. The number of anilines is 1. The lowest BCUT2D eigenvalue weighted by Crippen LogP contribution is -2.08. The monoisotopic (exact) mass is 277 g/mol. The average molecular weight is 278 g/mol. The largest absolute Gasteiger partial charge is 0.389 e. The van der Waals surface area contributed by atoms with E-state index in [0.717, 1.165) is 5.56 Å². The molecular weight excluding hydrogens is 267 g/mol. The number of amides is 1. The van der Waals surface area contributed by atoms with Gasteiger partial charge >= 0.3 is 6.18 Å². The second-order valence-electron chi connectivity index (χ2n) is 4.26. The van der Waals surface area contributed by atoms with Crippen molar-refractivity contribution >= 4 is 23.2 Å². The van der Waals surface area contributed by atoms with Crippen molar-refractivity contribution in [1.82, 2.24) is 0 Å². The molecule has 1 aliphatic heterocycles. The Morgan fingerprint density at radius 1 is 1.39 bits per heavy atom. The number of halogens is 4. The van der Waals surface area contributed by atoms with Gasteiger partial charge in [0.25, 0.3) is 0 Å². The summed E-state index contributed by atoms with van der Waals surface area (Å²) in [6, 6.07) is 5.03. The van der Waals surface area contributed by atoms with Gasteiger partial charge in [0.05, 0.1) is 11.8 Å². The van der Waals surface area contributed by atoms with Crippen LogP contribution in [0.5, 0.6) is 0 Å². The molecule has 1 amide bonds. The van der Waals surface area contributed by atoms with Crippen molar-refractivity contribution in [3.05, 3.63) is 29.3 Å². The molecule has 0 fully saturated rings. The average Bonchev–Trinajstić information content (AvgIpc) is 2.63. The lowest BCUT2D eigenvalue weighted by atomic mass is 10.0. The van der Waals surface area contributed by atoms with Crippen LogP contribution in [0.3, 0.4) is 0 Å². The molecule has 1 aromatic rings. The van der Waals surface area contributed by atoms with Gasteiger partial charge < -0.3 is 5.32 Å². The van der Waals surface area contributed by atoms with Gasteiger partial charge in [-0.3, -0.25) is 4.79 Å². The minimum Gasteiger partial charge on any atom is -0.326 e. The quantitative estimate of drug-likeness (QED) is 0.837. The van der Waals surface area contributed by atoms with Gasteiger partial charge in [-0.2, -0.15) is 13.2 Å². The van der Waals surface area contributed by atoms with Crippen molar-refractivity contribution in [3.8, 4) is 0 Å². The fraction of sp³-hybridized carbons (Fsp3) is 0.417. The highest BCUT2D eigenvalue weighted by atomic mass is 35.5. The number of carbonyl (C=O) groups is 1. The number of nitrogens with one attached hydrogen (secondary N) is 1. The topological polar surface area (TPSA) is 29.1 Å². The first kappa shape index (κ1) is 13.2. The molecule has 2 nitrogen and oxygen atoms in total. The van der Waals surface area contributed by atoms with Crippen LogP contribution in [0.15, 0.2) is 18.2 Å². The van der Waals surface area contributed by atoms with Gasteiger partial charge in [-0.1, -0.05) is 12.1 Å². The molecule has 0 bridgehead atoms. The molecule has 0 aromatic heterocycles. The van der Waals surface area contributed by atoms with E-state index in [1.165, 1.54) is 0 Å². The van der Waals surface area contributed by atoms with Gasteiger partial charge in [0.2, 0.25) is 5.91 Å². The van der Waals surface area contributed by atoms with E-state index in [1.54, 1.807) is 18.2 Å². The van der Waals surface area contributed by atoms with Crippen LogP contribution in [-0.2, 0) is 11.2 Å². The molecule has 1 aromatic carbocycles. The maximum absolute atomic E-state index is 12.1. The zero-order valence-electron chi connectivity index (χ0n) is 9.35. The molecule has 1 aliphatic rings. The van der Waals surface area contributed by atoms with E-state index < -0.39 is 18.0 Å². The molecule has 2 rings (SSSR count). The maximum Gasteiger partial charge on any atom is 0.389 e. The molecule has 0 spiro atoms. The van der Waals surface area contributed by atoms with E-state index in [0.29, 0.717) is 11.3 Å². The predicted octanol–water partition coefficient (Wildman–Crippen LogP) is 3.80. The Hall–Kier alpha value is -1.23. The summed E-state index contributed by atoms with van der Waals surface area (Å²) in [5.41, 5.74) is 2.12. The predicted molar refractivity (Wildman–Crippen MR) is 62.7 cm³/mol. The number of hydrogen-bond acceptors (Lipinski definition) is 1. The number of benzene rings is 1. The SMILES string of the molecule is O=C1Cc2cc(C(Cl)CCC(F)(F)F)ccc2N1. The van der Waals surface area contributed by atoms with E-state index in [1.807, 2.05) is 0 Å². The van der Waals surface area contributed by atoms with Crippen molar-refractivity contribution in [2.24, 2.45) is 0 Å². The van der Waals surface area contributed by atoms with Crippen LogP contribution in [0, 0.1) is 0 Å². The molecule has 0 saturated heterocycles. The Bertz CT molecular complexity index is 473. The first-order valence-corrected chi connectivity index (χ1v) is 5.92. The van der Waals surface area contributed by atoms with Crippen molar-refractivity contribution in [1.29, 1.82) is 0 Å². The summed E-state index contributed by atoms with van der Waals surface area (Å²) in [6.45, 7) is 0. The summed E-state index contributed by atoms with van der Waals surface area (Å²) in [5, 5.41) is 1.97. The van der Waals surface area contributed by atoms with Gasteiger partial charge in [-0.15, -0.1) is 11.6 Å². The molecule has 98 valence electrons. The molecule has 0 radical (unpaired) electrons. The van der Waals surface area contributed by atoms with Crippen LogP contribution in [0.25, 0.3) is 0 Å². The fourth-order valence-corrected chi connectivity index (χ4v) is 2.15. The van der Waals surface area contributed by atoms with Crippen molar-refractivity contribution in [2.45, 2.75) is 30.8 Å².